The van der Waals surface area contributed by atoms with Crippen LogP contribution in [0.25, 0.3) is 0 Å². The highest BCUT2D eigenvalue weighted by molar-refractivity contribution is 5.34. The highest BCUT2D eigenvalue weighted by atomic mass is 15.0. The number of hydrogen-bond donors (Lipinski definition) is 2. The van der Waals surface area contributed by atoms with Gasteiger partial charge in [0.15, 0.2) is 0 Å². The Hall–Kier alpha value is -1.42. The summed E-state index contributed by atoms with van der Waals surface area (Å²) in [5.41, 5.74) is 2.63. The van der Waals surface area contributed by atoms with Gasteiger partial charge in [0.25, 0.3) is 0 Å². The summed E-state index contributed by atoms with van der Waals surface area (Å²) in [4.78, 5) is 8.40. The third kappa shape index (κ3) is 3.82. The van der Waals surface area contributed by atoms with Gasteiger partial charge in [-0.2, -0.15) is 0 Å². The zero-order valence-corrected chi connectivity index (χ0v) is 10.4. The molecule has 0 unspecified atom stereocenters. The summed E-state index contributed by atoms with van der Waals surface area (Å²) in [6, 6.07) is 2.02. The molecule has 1 aromatic heterocycles. The molecule has 0 amide bonds. The molecule has 4 nitrogen and oxygen atoms in total. The Balaban J connectivity index is 1.79. The van der Waals surface area contributed by atoms with Gasteiger partial charge in [0.2, 0.25) is 0 Å². The van der Waals surface area contributed by atoms with E-state index in [0.717, 1.165) is 44.0 Å². The number of anilines is 1. The topological polar surface area (TPSA) is 49.8 Å². The zero-order chi connectivity index (χ0) is 11.9. The molecule has 0 atom stereocenters. The van der Waals surface area contributed by atoms with Crippen LogP contribution in [0.3, 0.4) is 0 Å². The lowest BCUT2D eigenvalue weighted by Gasteiger charge is -2.14. The molecular formula is C13H20N4. The molecule has 0 fully saturated rings. The molecule has 1 aromatic rings. The van der Waals surface area contributed by atoms with Crippen molar-refractivity contribution in [2.45, 2.75) is 26.2 Å². The largest absolute Gasteiger partial charge is 0.370 e. The first-order chi connectivity index (χ1) is 8.38. The minimum Gasteiger partial charge on any atom is -0.370 e. The van der Waals surface area contributed by atoms with E-state index in [1.807, 2.05) is 6.07 Å². The van der Waals surface area contributed by atoms with Crippen molar-refractivity contribution < 1.29 is 0 Å². The first kappa shape index (κ1) is 12.0. The van der Waals surface area contributed by atoms with Crippen molar-refractivity contribution >= 4 is 5.82 Å². The van der Waals surface area contributed by atoms with Crippen LogP contribution in [0.4, 0.5) is 5.82 Å². The number of aromatic nitrogens is 2. The summed E-state index contributed by atoms with van der Waals surface area (Å²) < 4.78 is 0. The maximum absolute atomic E-state index is 4.22. The first-order valence-corrected chi connectivity index (χ1v) is 6.32. The van der Waals surface area contributed by atoms with Crippen LogP contribution in [-0.4, -0.2) is 29.6 Å². The SMILES string of the molecule is CCc1cc(NCCC2=CCNCC2)ncn1. The number of aryl methyl sites for hydroxylation is 1. The molecular weight excluding hydrogens is 212 g/mol. The van der Waals surface area contributed by atoms with E-state index >= 15 is 0 Å². The van der Waals surface area contributed by atoms with E-state index < -0.39 is 0 Å². The number of rotatable bonds is 5. The van der Waals surface area contributed by atoms with Gasteiger partial charge in [-0.15, -0.1) is 0 Å². The van der Waals surface area contributed by atoms with Crippen LogP contribution in [0, 0.1) is 0 Å². The molecule has 0 saturated carbocycles. The fourth-order valence-corrected chi connectivity index (χ4v) is 1.94. The molecule has 92 valence electrons. The lowest BCUT2D eigenvalue weighted by molar-refractivity contribution is 0.683. The second kappa shape index (κ2) is 6.35. The molecule has 1 aliphatic heterocycles. The van der Waals surface area contributed by atoms with Crippen LogP contribution in [0.5, 0.6) is 0 Å². The number of nitrogens with zero attached hydrogens (tertiary/aromatic N) is 2. The summed E-state index contributed by atoms with van der Waals surface area (Å²) in [6.45, 7) is 5.18. The van der Waals surface area contributed by atoms with E-state index in [-0.39, 0.29) is 0 Å². The minimum absolute atomic E-state index is 0.936. The highest BCUT2D eigenvalue weighted by Gasteiger charge is 2.02. The van der Waals surface area contributed by atoms with Crippen LogP contribution >= 0.6 is 0 Å². The normalized spacial score (nSPS) is 15.5. The van der Waals surface area contributed by atoms with Gasteiger partial charge >= 0.3 is 0 Å². The Morgan fingerprint density at radius 2 is 2.35 bits per heavy atom. The number of nitrogens with one attached hydrogen (secondary N) is 2. The molecule has 0 spiro atoms. The summed E-state index contributed by atoms with van der Waals surface area (Å²) in [7, 11) is 0. The van der Waals surface area contributed by atoms with Gasteiger partial charge < -0.3 is 10.6 Å². The van der Waals surface area contributed by atoms with Crippen molar-refractivity contribution in [1.29, 1.82) is 0 Å². The van der Waals surface area contributed by atoms with Gasteiger partial charge in [-0.05, 0) is 25.8 Å². The molecule has 0 bridgehead atoms. The Morgan fingerprint density at radius 1 is 1.41 bits per heavy atom. The molecule has 2 N–H and O–H groups in total. The molecule has 0 aromatic carbocycles. The minimum atomic E-state index is 0.936. The molecule has 0 aliphatic carbocycles. The average Bonchev–Trinajstić information content (AvgIpc) is 2.40. The van der Waals surface area contributed by atoms with Gasteiger partial charge in [-0.25, -0.2) is 9.97 Å². The van der Waals surface area contributed by atoms with E-state index in [0.29, 0.717) is 0 Å². The smallest absolute Gasteiger partial charge is 0.129 e. The van der Waals surface area contributed by atoms with Crippen molar-refractivity contribution in [1.82, 2.24) is 15.3 Å². The summed E-state index contributed by atoms with van der Waals surface area (Å²) in [5.74, 6) is 0.936. The van der Waals surface area contributed by atoms with Crippen molar-refractivity contribution in [3.8, 4) is 0 Å². The van der Waals surface area contributed by atoms with Crippen molar-refractivity contribution in [3.63, 3.8) is 0 Å². The van der Waals surface area contributed by atoms with E-state index in [9.17, 15) is 0 Å². The highest BCUT2D eigenvalue weighted by Crippen LogP contribution is 2.10. The third-order valence-corrected chi connectivity index (χ3v) is 3.00. The summed E-state index contributed by atoms with van der Waals surface area (Å²) >= 11 is 0. The van der Waals surface area contributed by atoms with E-state index in [2.05, 4.69) is 33.6 Å². The third-order valence-electron chi connectivity index (χ3n) is 3.00. The second-order valence-corrected chi connectivity index (χ2v) is 4.24. The Kier molecular flexibility index (Phi) is 4.50. The fraction of sp³-hybridized carbons (Fsp3) is 0.538. The number of hydrogen-bond acceptors (Lipinski definition) is 4. The molecule has 2 heterocycles. The van der Waals surface area contributed by atoms with Crippen molar-refractivity contribution in [2.75, 3.05) is 25.0 Å². The van der Waals surface area contributed by atoms with Crippen LogP contribution in [0.2, 0.25) is 0 Å². The van der Waals surface area contributed by atoms with E-state index in [4.69, 9.17) is 0 Å². The molecule has 1 aliphatic rings. The summed E-state index contributed by atoms with van der Waals surface area (Å²) in [6.07, 6.45) is 7.15. The van der Waals surface area contributed by atoms with Gasteiger partial charge in [-0.1, -0.05) is 18.6 Å². The second-order valence-electron chi connectivity index (χ2n) is 4.24. The average molecular weight is 232 g/mol. The molecule has 0 radical (unpaired) electrons. The fourth-order valence-electron chi connectivity index (χ4n) is 1.94. The Bertz CT molecular complexity index is 387. The molecule has 0 saturated heterocycles. The Morgan fingerprint density at radius 3 is 3.12 bits per heavy atom. The first-order valence-electron chi connectivity index (χ1n) is 6.32. The molecule has 17 heavy (non-hydrogen) atoms. The quantitative estimate of drug-likeness (QED) is 0.760. The van der Waals surface area contributed by atoms with E-state index in [1.165, 1.54) is 6.42 Å². The maximum atomic E-state index is 4.22. The van der Waals surface area contributed by atoms with Crippen LogP contribution in [0.15, 0.2) is 24.0 Å². The lowest BCUT2D eigenvalue weighted by Crippen LogP contribution is -2.21. The monoisotopic (exact) mass is 232 g/mol. The molecule has 2 rings (SSSR count). The van der Waals surface area contributed by atoms with Gasteiger partial charge in [-0.3, -0.25) is 0 Å². The molecule has 4 heteroatoms. The lowest BCUT2D eigenvalue weighted by atomic mass is 10.1. The van der Waals surface area contributed by atoms with E-state index in [1.54, 1.807) is 11.9 Å². The Labute approximate surface area is 103 Å². The predicted molar refractivity (Wildman–Crippen MR) is 70.1 cm³/mol. The summed E-state index contributed by atoms with van der Waals surface area (Å²) in [5, 5.41) is 6.67. The van der Waals surface area contributed by atoms with Crippen LogP contribution < -0.4 is 10.6 Å². The van der Waals surface area contributed by atoms with Gasteiger partial charge in [0.1, 0.15) is 12.1 Å². The van der Waals surface area contributed by atoms with Gasteiger partial charge in [0.05, 0.1) is 0 Å². The standard InChI is InChI=1S/C13H20N4/c1-2-12-9-13(17-10-16-12)15-8-5-11-3-6-14-7-4-11/h3,9-10,14H,2,4-8H2,1H3,(H,15,16,17). The van der Waals surface area contributed by atoms with Crippen molar-refractivity contribution in [3.05, 3.63) is 29.7 Å². The maximum Gasteiger partial charge on any atom is 0.129 e. The van der Waals surface area contributed by atoms with Crippen LogP contribution in [-0.2, 0) is 6.42 Å². The predicted octanol–water partition coefficient (Wildman–Crippen LogP) is 1.76. The van der Waals surface area contributed by atoms with Gasteiger partial charge in [0, 0.05) is 24.8 Å². The van der Waals surface area contributed by atoms with Crippen molar-refractivity contribution in [2.24, 2.45) is 0 Å². The van der Waals surface area contributed by atoms with Crippen LogP contribution in [0.1, 0.15) is 25.5 Å². The zero-order valence-electron chi connectivity index (χ0n) is 10.4.